The summed E-state index contributed by atoms with van der Waals surface area (Å²) in [6, 6.07) is 4.41. The van der Waals surface area contributed by atoms with Crippen molar-refractivity contribution in [1.29, 1.82) is 0 Å². The highest BCUT2D eigenvalue weighted by atomic mass is 19.4. The Morgan fingerprint density at radius 3 is 2.03 bits per heavy atom. The van der Waals surface area contributed by atoms with E-state index < -0.39 is 41.8 Å². The third-order valence-electron chi connectivity index (χ3n) is 3.85. The van der Waals surface area contributed by atoms with Crippen LogP contribution in [-0.2, 0) is 20.7 Å². The predicted molar refractivity (Wildman–Crippen MR) is 109 cm³/mol. The van der Waals surface area contributed by atoms with Gasteiger partial charge in [0.1, 0.15) is 11.6 Å². The van der Waals surface area contributed by atoms with Crippen LogP contribution in [0, 0.1) is 5.92 Å². The average molecular weight is 445 g/mol. The van der Waals surface area contributed by atoms with E-state index in [1.165, 1.54) is 20.8 Å². The van der Waals surface area contributed by atoms with Crippen LogP contribution >= 0.6 is 0 Å². The Kier molecular flexibility index (Phi) is 9.33. The van der Waals surface area contributed by atoms with Gasteiger partial charge in [-0.05, 0) is 32.3 Å². The Hall–Kier alpha value is -2.78. The van der Waals surface area contributed by atoms with Crippen LogP contribution in [0.2, 0.25) is 0 Å². The summed E-state index contributed by atoms with van der Waals surface area (Å²) < 4.78 is 45.2. The maximum absolute atomic E-state index is 13.5. The molecule has 0 fully saturated rings. The van der Waals surface area contributed by atoms with E-state index in [9.17, 15) is 27.6 Å². The zero-order chi connectivity index (χ0) is 23.8. The lowest BCUT2D eigenvalue weighted by Crippen LogP contribution is -2.59. The second kappa shape index (κ2) is 11.0. The van der Waals surface area contributed by atoms with E-state index in [1.54, 1.807) is 35.6 Å². The fraction of sp³-hybridized carbons (Fsp3) is 0.571. The number of ether oxygens (including phenoxy) is 1. The minimum atomic E-state index is -5.09. The molecule has 7 nitrogen and oxygen atoms in total. The van der Waals surface area contributed by atoms with Crippen molar-refractivity contribution in [3.63, 3.8) is 0 Å². The van der Waals surface area contributed by atoms with Gasteiger partial charge < -0.3 is 20.7 Å². The molecular weight excluding hydrogens is 415 g/mol. The van der Waals surface area contributed by atoms with Crippen molar-refractivity contribution in [2.45, 2.75) is 64.9 Å². The topological polar surface area (TPSA) is 96.5 Å². The molecular formula is C21H30F3N3O4. The Balaban J connectivity index is 3.02. The molecule has 0 saturated carbocycles. The first-order valence-electron chi connectivity index (χ1n) is 9.87. The van der Waals surface area contributed by atoms with Gasteiger partial charge in [-0.15, -0.1) is 0 Å². The van der Waals surface area contributed by atoms with Crippen molar-refractivity contribution in [2.75, 3.05) is 6.54 Å². The number of benzene rings is 1. The van der Waals surface area contributed by atoms with Crippen LogP contribution < -0.4 is 16.0 Å². The van der Waals surface area contributed by atoms with Gasteiger partial charge in [-0.1, -0.05) is 44.2 Å². The van der Waals surface area contributed by atoms with Crippen LogP contribution in [-0.4, -0.2) is 48.3 Å². The quantitative estimate of drug-likeness (QED) is 0.573. The molecule has 0 spiro atoms. The molecule has 2 unspecified atom stereocenters. The van der Waals surface area contributed by atoms with Crippen molar-refractivity contribution in [2.24, 2.45) is 5.92 Å². The van der Waals surface area contributed by atoms with Gasteiger partial charge in [-0.25, -0.2) is 4.79 Å². The average Bonchev–Trinajstić information content (AvgIpc) is 2.62. The largest absolute Gasteiger partial charge is 0.444 e. The molecule has 31 heavy (non-hydrogen) atoms. The lowest BCUT2D eigenvalue weighted by Gasteiger charge is -2.26. The van der Waals surface area contributed by atoms with Crippen LogP contribution in [0.3, 0.4) is 0 Å². The number of alkyl halides is 3. The maximum Gasteiger partial charge on any atom is 0.417 e. The smallest absolute Gasteiger partial charge is 0.417 e. The van der Waals surface area contributed by atoms with E-state index in [0.29, 0.717) is 12.1 Å². The number of nitrogens with one attached hydrogen (secondary N) is 3. The van der Waals surface area contributed by atoms with Gasteiger partial charge in [-0.2, -0.15) is 13.2 Å². The maximum atomic E-state index is 13.5. The molecule has 0 aliphatic rings. The number of hydrogen-bond acceptors (Lipinski definition) is 4. The molecule has 0 saturated heterocycles. The molecule has 3 amide bonds. The number of halogens is 3. The number of hydrogen-bond donors (Lipinski definition) is 3. The van der Waals surface area contributed by atoms with Gasteiger partial charge in [0.25, 0.3) is 5.91 Å². The van der Waals surface area contributed by atoms with Crippen LogP contribution in [0.5, 0.6) is 0 Å². The summed E-state index contributed by atoms with van der Waals surface area (Å²) >= 11 is 0. The Bertz CT molecular complexity index is 746. The van der Waals surface area contributed by atoms with E-state index in [2.05, 4.69) is 10.6 Å². The van der Waals surface area contributed by atoms with Crippen LogP contribution in [0.25, 0.3) is 0 Å². The van der Waals surface area contributed by atoms with Crippen LogP contribution in [0.1, 0.15) is 40.2 Å². The summed E-state index contributed by atoms with van der Waals surface area (Å²) in [6.45, 7) is 8.43. The summed E-state index contributed by atoms with van der Waals surface area (Å²) in [4.78, 5) is 36.8. The van der Waals surface area contributed by atoms with E-state index in [-0.39, 0.29) is 12.3 Å². The third-order valence-corrected chi connectivity index (χ3v) is 3.85. The standard InChI is InChI=1S/C21H30F3N3O4/c1-13(2)12-25-17(28)15(11-14-9-7-6-8-10-14)26-18(29)16(21(22,23)24)27-19(30)31-20(3,4)5/h6-10,13,15-16H,11-12H2,1-5H3,(H,25,28)(H,26,29)(H,27,30). The summed E-state index contributed by atoms with van der Waals surface area (Å²) in [7, 11) is 0. The van der Waals surface area contributed by atoms with Crippen molar-refractivity contribution < 1.29 is 32.3 Å². The highest BCUT2D eigenvalue weighted by molar-refractivity contribution is 5.92. The van der Waals surface area contributed by atoms with Crippen molar-refractivity contribution in [3.05, 3.63) is 35.9 Å². The first kappa shape index (κ1) is 26.3. The Labute approximate surface area is 180 Å². The van der Waals surface area contributed by atoms with Crippen LogP contribution in [0.15, 0.2) is 30.3 Å². The van der Waals surface area contributed by atoms with Crippen molar-refractivity contribution in [1.82, 2.24) is 16.0 Å². The normalized spacial score (nSPS) is 13.8. The predicted octanol–water partition coefficient (Wildman–Crippen LogP) is 2.94. The zero-order valence-corrected chi connectivity index (χ0v) is 18.3. The first-order valence-corrected chi connectivity index (χ1v) is 9.87. The van der Waals surface area contributed by atoms with Gasteiger partial charge in [0.2, 0.25) is 11.9 Å². The van der Waals surface area contributed by atoms with Gasteiger partial charge >= 0.3 is 12.3 Å². The third kappa shape index (κ3) is 10.2. The molecule has 0 aliphatic carbocycles. The Morgan fingerprint density at radius 1 is 0.968 bits per heavy atom. The lowest BCUT2D eigenvalue weighted by molar-refractivity contribution is -0.169. The molecule has 2 atom stereocenters. The molecule has 0 heterocycles. The van der Waals surface area contributed by atoms with Crippen LogP contribution in [0.4, 0.5) is 18.0 Å². The molecule has 0 aromatic heterocycles. The number of carbonyl (C=O) groups excluding carboxylic acids is 3. The summed E-state index contributed by atoms with van der Waals surface area (Å²) in [6.07, 6.45) is -6.51. The lowest BCUT2D eigenvalue weighted by atomic mass is 10.0. The zero-order valence-electron chi connectivity index (χ0n) is 18.3. The number of alkyl carbamates (subject to hydrolysis) is 1. The number of carbonyl (C=O) groups is 3. The van der Waals surface area contributed by atoms with Crippen molar-refractivity contribution >= 4 is 17.9 Å². The monoisotopic (exact) mass is 445 g/mol. The van der Waals surface area contributed by atoms with E-state index >= 15 is 0 Å². The minimum Gasteiger partial charge on any atom is -0.444 e. The van der Waals surface area contributed by atoms with E-state index in [0.717, 1.165) is 0 Å². The second-order valence-corrected chi connectivity index (χ2v) is 8.51. The highest BCUT2D eigenvalue weighted by Crippen LogP contribution is 2.21. The second-order valence-electron chi connectivity index (χ2n) is 8.51. The van der Waals surface area contributed by atoms with Gasteiger partial charge in [0.15, 0.2) is 0 Å². The molecule has 0 radical (unpaired) electrons. The van der Waals surface area contributed by atoms with Gasteiger partial charge in [0.05, 0.1) is 0 Å². The molecule has 10 heteroatoms. The Morgan fingerprint density at radius 2 is 1.55 bits per heavy atom. The SMILES string of the molecule is CC(C)CNC(=O)C(Cc1ccccc1)NC(=O)C(NC(=O)OC(C)(C)C)C(F)(F)F. The molecule has 174 valence electrons. The number of amides is 3. The highest BCUT2D eigenvalue weighted by Gasteiger charge is 2.47. The molecule has 1 rings (SSSR count). The first-order chi connectivity index (χ1) is 14.2. The fourth-order valence-electron chi connectivity index (χ4n) is 2.46. The fourth-order valence-corrected chi connectivity index (χ4v) is 2.46. The summed E-state index contributed by atoms with van der Waals surface area (Å²) in [5, 5.41) is 6.27. The molecule has 0 bridgehead atoms. The van der Waals surface area contributed by atoms with Gasteiger partial charge in [-0.3, -0.25) is 9.59 Å². The van der Waals surface area contributed by atoms with Crippen molar-refractivity contribution in [3.8, 4) is 0 Å². The van der Waals surface area contributed by atoms with E-state index in [4.69, 9.17) is 4.74 Å². The summed E-state index contributed by atoms with van der Waals surface area (Å²) in [5.41, 5.74) is -0.403. The number of rotatable bonds is 8. The molecule has 3 N–H and O–H groups in total. The molecule has 1 aromatic carbocycles. The van der Waals surface area contributed by atoms with E-state index in [1.807, 2.05) is 13.8 Å². The molecule has 0 aliphatic heterocycles. The summed E-state index contributed by atoms with van der Waals surface area (Å²) in [5.74, 6) is -2.07. The minimum absolute atomic E-state index is 0.0203. The van der Waals surface area contributed by atoms with Gasteiger partial charge in [0, 0.05) is 13.0 Å². The molecule has 1 aromatic rings.